The van der Waals surface area contributed by atoms with Crippen molar-refractivity contribution in [2.45, 2.75) is 25.9 Å². The summed E-state index contributed by atoms with van der Waals surface area (Å²) in [5, 5.41) is 6.48. The maximum absolute atomic E-state index is 13.8. The van der Waals surface area contributed by atoms with E-state index in [1.165, 1.54) is 6.07 Å². The Bertz CT molecular complexity index is 861. The first-order valence-corrected chi connectivity index (χ1v) is 10.1. The molecule has 0 saturated heterocycles. The number of carbonyl (C=O) groups excluding carboxylic acids is 1. The largest absolute Gasteiger partial charge is 0.486 e. The third-order valence-electron chi connectivity index (χ3n) is 4.59. The van der Waals surface area contributed by atoms with E-state index in [0.29, 0.717) is 24.6 Å². The average molecular weight is 542 g/mol. The molecule has 1 amide bonds. The van der Waals surface area contributed by atoms with Crippen LogP contribution in [0.25, 0.3) is 0 Å². The van der Waals surface area contributed by atoms with Crippen molar-refractivity contribution in [1.29, 1.82) is 0 Å². The van der Waals surface area contributed by atoms with Crippen molar-refractivity contribution in [3.05, 3.63) is 65.5 Å². The number of benzene rings is 2. The van der Waals surface area contributed by atoms with E-state index in [9.17, 15) is 9.18 Å². The molecule has 8 heteroatoms. The zero-order chi connectivity index (χ0) is 21.9. The van der Waals surface area contributed by atoms with Crippen LogP contribution in [0.15, 0.2) is 53.5 Å². The third-order valence-corrected chi connectivity index (χ3v) is 4.59. The first-order chi connectivity index (χ1) is 14.4. The number of ether oxygens (including phenoxy) is 1. The summed E-state index contributed by atoms with van der Waals surface area (Å²) in [5.41, 5.74) is 1.75. The normalized spacial score (nSPS) is 11.8. The van der Waals surface area contributed by atoms with Crippen molar-refractivity contribution in [2.75, 3.05) is 34.2 Å². The number of rotatable bonds is 9. The topological polar surface area (TPSA) is 66.0 Å². The van der Waals surface area contributed by atoms with Crippen LogP contribution in [0.5, 0.6) is 5.75 Å². The van der Waals surface area contributed by atoms with Crippen LogP contribution in [0.4, 0.5) is 4.39 Å². The minimum Gasteiger partial charge on any atom is -0.486 e. The van der Waals surface area contributed by atoms with E-state index in [-0.39, 0.29) is 47.6 Å². The molecule has 0 heterocycles. The van der Waals surface area contributed by atoms with E-state index in [4.69, 9.17) is 4.74 Å². The molecule has 0 aliphatic rings. The Balaban J connectivity index is 0.00000480. The Kier molecular flexibility index (Phi) is 11.9. The maximum atomic E-state index is 13.8. The summed E-state index contributed by atoms with van der Waals surface area (Å²) in [6, 6.07) is 14.0. The molecule has 31 heavy (non-hydrogen) atoms. The highest BCUT2D eigenvalue weighted by Crippen LogP contribution is 2.17. The zero-order valence-corrected chi connectivity index (χ0v) is 20.9. The minimum atomic E-state index is -0.367. The highest BCUT2D eigenvalue weighted by Gasteiger charge is 2.12. The Hall–Kier alpha value is -2.36. The van der Waals surface area contributed by atoms with E-state index in [0.717, 1.165) is 18.4 Å². The smallest absolute Gasteiger partial charge is 0.253 e. The van der Waals surface area contributed by atoms with Crippen LogP contribution < -0.4 is 15.4 Å². The summed E-state index contributed by atoms with van der Waals surface area (Å²) >= 11 is 0. The van der Waals surface area contributed by atoms with Crippen LogP contribution >= 0.6 is 24.0 Å². The van der Waals surface area contributed by atoms with Crippen molar-refractivity contribution >= 4 is 35.8 Å². The first-order valence-electron chi connectivity index (χ1n) is 10.1. The van der Waals surface area contributed by atoms with Crippen molar-refractivity contribution in [3.8, 4) is 5.75 Å². The molecule has 2 N–H and O–H groups in total. The van der Waals surface area contributed by atoms with Crippen LogP contribution in [0.3, 0.4) is 0 Å². The first kappa shape index (κ1) is 26.7. The van der Waals surface area contributed by atoms with Gasteiger partial charge in [0.15, 0.2) is 17.5 Å². The highest BCUT2D eigenvalue weighted by molar-refractivity contribution is 14.0. The number of hydrogen-bond donors (Lipinski definition) is 2. The van der Waals surface area contributed by atoms with Gasteiger partial charge in [0, 0.05) is 33.3 Å². The lowest BCUT2D eigenvalue weighted by Gasteiger charge is -2.20. The molecular weight excluding hydrogens is 510 g/mol. The lowest BCUT2D eigenvalue weighted by Crippen LogP contribution is -2.43. The van der Waals surface area contributed by atoms with E-state index in [1.807, 2.05) is 31.2 Å². The molecule has 0 aliphatic heterocycles. The van der Waals surface area contributed by atoms with Gasteiger partial charge in [0.05, 0.1) is 6.54 Å². The molecule has 2 aromatic rings. The van der Waals surface area contributed by atoms with Gasteiger partial charge in [-0.1, -0.05) is 31.2 Å². The summed E-state index contributed by atoms with van der Waals surface area (Å²) < 4.78 is 19.6. The fraction of sp³-hybridized carbons (Fsp3) is 0.391. The van der Waals surface area contributed by atoms with Gasteiger partial charge < -0.3 is 20.3 Å². The van der Waals surface area contributed by atoms with Crippen molar-refractivity contribution in [3.63, 3.8) is 0 Å². The number of halogens is 2. The molecule has 0 aliphatic carbocycles. The van der Waals surface area contributed by atoms with Gasteiger partial charge >= 0.3 is 0 Å². The SMILES string of the molecule is CCC(CNC(=NC)NCCc1cccc(C(=O)N(C)C)c1)Oc1ccccc1F.I. The van der Waals surface area contributed by atoms with Gasteiger partial charge in [-0.2, -0.15) is 0 Å². The highest BCUT2D eigenvalue weighted by atomic mass is 127. The van der Waals surface area contributed by atoms with Crippen LogP contribution in [0.2, 0.25) is 0 Å². The van der Waals surface area contributed by atoms with Gasteiger partial charge in [0.1, 0.15) is 6.10 Å². The molecule has 0 spiro atoms. The van der Waals surface area contributed by atoms with E-state index in [2.05, 4.69) is 15.6 Å². The second-order valence-electron chi connectivity index (χ2n) is 7.11. The number of amides is 1. The molecule has 170 valence electrons. The Labute approximate surface area is 201 Å². The molecule has 1 atom stereocenters. The van der Waals surface area contributed by atoms with Crippen molar-refractivity contribution in [1.82, 2.24) is 15.5 Å². The molecule has 0 radical (unpaired) electrons. The van der Waals surface area contributed by atoms with Gasteiger partial charge in [-0.05, 0) is 42.7 Å². The van der Waals surface area contributed by atoms with Crippen molar-refractivity contribution < 1.29 is 13.9 Å². The second-order valence-corrected chi connectivity index (χ2v) is 7.11. The van der Waals surface area contributed by atoms with Gasteiger partial charge in [-0.15, -0.1) is 24.0 Å². The van der Waals surface area contributed by atoms with Gasteiger partial charge in [-0.25, -0.2) is 4.39 Å². The van der Waals surface area contributed by atoms with Crippen LogP contribution in [0.1, 0.15) is 29.3 Å². The molecular formula is C23H32FIN4O2. The van der Waals surface area contributed by atoms with Crippen molar-refractivity contribution in [2.24, 2.45) is 4.99 Å². The zero-order valence-electron chi connectivity index (χ0n) is 18.5. The number of para-hydroxylation sites is 1. The predicted molar refractivity (Wildman–Crippen MR) is 134 cm³/mol. The number of nitrogens with zero attached hydrogens (tertiary/aromatic N) is 2. The molecule has 2 rings (SSSR count). The maximum Gasteiger partial charge on any atom is 0.253 e. The Morgan fingerprint density at radius 1 is 1.16 bits per heavy atom. The van der Waals surface area contributed by atoms with Crippen LogP contribution in [-0.2, 0) is 6.42 Å². The quantitative estimate of drug-likeness (QED) is 0.288. The molecule has 0 bridgehead atoms. The lowest BCUT2D eigenvalue weighted by molar-refractivity contribution is 0.0827. The summed E-state index contributed by atoms with van der Waals surface area (Å²) in [7, 11) is 5.18. The lowest BCUT2D eigenvalue weighted by atomic mass is 10.1. The number of nitrogens with one attached hydrogen (secondary N) is 2. The number of aliphatic imine (C=N–C) groups is 1. The summed E-state index contributed by atoms with van der Waals surface area (Å²) in [6.07, 6.45) is 1.29. The number of carbonyl (C=O) groups is 1. The Morgan fingerprint density at radius 3 is 2.55 bits per heavy atom. The van der Waals surface area contributed by atoms with E-state index in [1.54, 1.807) is 44.2 Å². The fourth-order valence-corrected chi connectivity index (χ4v) is 2.86. The fourth-order valence-electron chi connectivity index (χ4n) is 2.86. The van der Waals surface area contributed by atoms with E-state index >= 15 is 0 Å². The summed E-state index contributed by atoms with van der Waals surface area (Å²) in [6.45, 7) is 3.15. The molecule has 2 aromatic carbocycles. The molecule has 0 fully saturated rings. The summed E-state index contributed by atoms with van der Waals surface area (Å²) in [5.74, 6) is 0.517. The second kappa shape index (κ2) is 13.8. The molecule has 0 aromatic heterocycles. The Morgan fingerprint density at radius 2 is 1.90 bits per heavy atom. The molecule has 1 unspecified atom stereocenters. The number of guanidine groups is 1. The van der Waals surface area contributed by atoms with Gasteiger partial charge in [-0.3, -0.25) is 9.79 Å². The summed E-state index contributed by atoms with van der Waals surface area (Å²) in [4.78, 5) is 17.9. The standard InChI is InChI=1S/C23H31FN4O2.HI/c1-5-19(30-21-12-7-6-11-20(21)24)16-27-23(25-2)26-14-13-17-9-8-10-18(15-17)22(29)28(3)4;/h6-12,15,19H,5,13-14,16H2,1-4H3,(H2,25,26,27);1H. The monoisotopic (exact) mass is 542 g/mol. The minimum absolute atomic E-state index is 0. The van der Waals surface area contributed by atoms with Crippen LogP contribution in [0, 0.1) is 5.82 Å². The average Bonchev–Trinajstić information content (AvgIpc) is 2.75. The molecule has 0 saturated carbocycles. The third kappa shape index (κ3) is 8.72. The van der Waals surface area contributed by atoms with Crippen LogP contribution in [-0.4, -0.2) is 57.1 Å². The predicted octanol–water partition coefficient (Wildman–Crippen LogP) is 3.71. The number of hydrogen-bond acceptors (Lipinski definition) is 3. The van der Waals surface area contributed by atoms with Gasteiger partial charge in [0.25, 0.3) is 5.91 Å². The van der Waals surface area contributed by atoms with Gasteiger partial charge in [0.2, 0.25) is 0 Å². The van der Waals surface area contributed by atoms with E-state index < -0.39 is 0 Å². The molecule has 6 nitrogen and oxygen atoms in total.